The zero-order chi connectivity index (χ0) is 11.5. The summed E-state index contributed by atoms with van der Waals surface area (Å²) in [5.41, 5.74) is 3.43. The van der Waals surface area contributed by atoms with Gasteiger partial charge in [-0.1, -0.05) is 23.8 Å². The predicted molar refractivity (Wildman–Crippen MR) is 66.6 cm³/mol. The maximum absolute atomic E-state index is 11.9. The van der Waals surface area contributed by atoms with E-state index in [9.17, 15) is 4.79 Å². The number of nitrogens with one attached hydrogen (secondary N) is 1. The van der Waals surface area contributed by atoms with Crippen LogP contribution in [0.1, 0.15) is 25.3 Å². The molecule has 1 heterocycles. The largest absolute Gasteiger partial charge is 0.375 e. The van der Waals surface area contributed by atoms with E-state index in [1.807, 2.05) is 25.1 Å². The van der Waals surface area contributed by atoms with E-state index in [2.05, 4.69) is 18.0 Å². The highest BCUT2D eigenvalue weighted by molar-refractivity contribution is 5.89. The zero-order valence-electron chi connectivity index (χ0n) is 9.62. The molecule has 0 saturated heterocycles. The topological polar surface area (TPSA) is 29.1 Å². The van der Waals surface area contributed by atoms with Crippen LogP contribution >= 0.6 is 0 Å². The highest BCUT2D eigenvalue weighted by Crippen LogP contribution is 2.26. The lowest BCUT2D eigenvalue weighted by Crippen LogP contribution is -2.26. The molecule has 2 nitrogen and oxygen atoms in total. The van der Waals surface area contributed by atoms with Crippen LogP contribution in [0, 0.1) is 0 Å². The summed E-state index contributed by atoms with van der Waals surface area (Å²) < 4.78 is 0. The Kier molecular flexibility index (Phi) is 3.09. The van der Waals surface area contributed by atoms with Crippen LogP contribution in [0.3, 0.4) is 0 Å². The van der Waals surface area contributed by atoms with Crippen molar-refractivity contribution in [1.29, 1.82) is 0 Å². The maximum atomic E-state index is 11.9. The summed E-state index contributed by atoms with van der Waals surface area (Å²) in [4.78, 5) is 11.9. The normalized spacial score (nSPS) is 17.7. The molecule has 1 aromatic rings. The molecule has 1 atom stereocenters. The van der Waals surface area contributed by atoms with Gasteiger partial charge in [0.2, 0.25) is 0 Å². The number of carbonyl (C=O) groups is 1. The van der Waals surface area contributed by atoms with E-state index in [-0.39, 0.29) is 6.04 Å². The SMILES string of the molecule is C=C(C)CCC(=O)C1Cc2ccccc2N1. The molecule has 1 N–H and O–H groups in total. The first-order chi connectivity index (χ1) is 7.66. The Balaban J connectivity index is 1.96. The van der Waals surface area contributed by atoms with Crippen LogP contribution in [0.2, 0.25) is 0 Å². The lowest BCUT2D eigenvalue weighted by atomic mass is 10.0. The molecule has 2 heteroatoms. The number of para-hydroxylation sites is 1. The molecular formula is C14H17NO. The highest BCUT2D eigenvalue weighted by atomic mass is 16.1. The van der Waals surface area contributed by atoms with E-state index in [1.165, 1.54) is 5.56 Å². The molecule has 1 aliphatic heterocycles. The van der Waals surface area contributed by atoms with Gasteiger partial charge in [-0.05, 0) is 25.0 Å². The highest BCUT2D eigenvalue weighted by Gasteiger charge is 2.25. The van der Waals surface area contributed by atoms with Gasteiger partial charge in [-0.25, -0.2) is 0 Å². The average Bonchev–Trinajstić information content (AvgIpc) is 2.69. The second kappa shape index (κ2) is 4.52. The second-order valence-corrected chi connectivity index (χ2v) is 4.48. The number of ketones is 1. The Bertz CT molecular complexity index is 397. The number of carbonyl (C=O) groups excluding carboxylic acids is 1. The number of anilines is 1. The first-order valence-electron chi connectivity index (χ1n) is 5.68. The fraction of sp³-hybridized carbons (Fsp3) is 0.357. The van der Waals surface area contributed by atoms with Crippen LogP contribution < -0.4 is 5.32 Å². The summed E-state index contributed by atoms with van der Waals surface area (Å²) >= 11 is 0. The van der Waals surface area contributed by atoms with Gasteiger partial charge in [0.1, 0.15) is 0 Å². The van der Waals surface area contributed by atoms with Gasteiger partial charge in [0.15, 0.2) is 5.78 Å². The molecule has 16 heavy (non-hydrogen) atoms. The summed E-state index contributed by atoms with van der Waals surface area (Å²) in [6.07, 6.45) is 2.22. The minimum Gasteiger partial charge on any atom is -0.375 e. The van der Waals surface area contributed by atoms with Gasteiger partial charge in [-0.15, -0.1) is 6.58 Å². The third-order valence-electron chi connectivity index (χ3n) is 2.96. The van der Waals surface area contributed by atoms with E-state index in [0.717, 1.165) is 24.1 Å². The summed E-state index contributed by atoms with van der Waals surface area (Å²) in [5.74, 6) is 0.291. The van der Waals surface area contributed by atoms with Gasteiger partial charge < -0.3 is 5.32 Å². The molecule has 84 valence electrons. The van der Waals surface area contributed by atoms with Crippen molar-refractivity contribution < 1.29 is 4.79 Å². The van der Waals surface area contributed by atoms with Crippen molar-refractivity contribution in [3.05, 3.63) is 42.0 Å². The number of hydrogen-bond acceptors (Lipinski definition) is 2. The maximum Gasteiger partial charge on any atom is 0.155 e. The van der Waals surface area contributed by atoms with Crippen LogP contribution in [-0.4, -0.2) is 11.8 Å². The van der Waals surface area contributed by atoms with Crippen molar-refractivity contribution in [1.82, 2.24) is 0 Å². The summed E-state index contributed by atoms with van der Waals surface area (Å²) in [5, 5.41) is 3.28. The van der Waals surface area contributed by atoms with E-state index in [4.69, 9.17) is 0 Å². The van der Waals surface area contributed by atoms with E-state index < -0.39 is 0 Å². The zero-order valence-corrected chi connectivity index (χ0v) is 9.62. The Labute approximate surface area is 96.4 Å². The smallest absolute Gasteiger partial charge is 0.155 e. The van der Waals surface area contributed by atoms with Crippen LogP contribution in [0.15, 0.2) is 36.4 Å². The number of allylic oxidation sites excluding steroid dienone is 1. The van der Waals surface area contributed by atoms with Gasteiger partial charge in [0.25, 0.3) is 0 Å². The molecule has 1 unspecified atom stereocenters. The molecule has 0 saturated carbocycles. The Morgan fingerprint density at radius 1 is 1.44 bits per heavy atom. The molecular weight excluding hydrogens is 198 g/mol. The Hall–Kier alpha value is -1.57. The van der Waals surface area contributed by atoms with E-state index in [1.54, 1.807) is 0 Å². The molecule has 0 radical (unpaired) electrons. The number of hydrogen-bond donors (Lipinski definition) is 1. The third-order valence-corrected chi connectivity index (χ3v) is 2.96. The van der Waals surface area contributed by atoms with E-state index >= 15 is 0 Å². The molecule has 0 spiro atoms. The van der Waals surface area contributed by atoms with Crippen LogP contribution in [0.5, 0.6) is 0 Å². The van der Waals surface area contributed by atoms with E-state index in [0.29, 0.717) is 12.2 Å². The monoisotopic (exact) mass is 215 g/mol. The van der Waals surface area contributed by atoms with Crippen molar-refractivity contribution in [2.75, 3.05) is 5.32 Å². The molecule has 1 aliphatic rings. The van der Waals surface area contributed by atoms with Gasteiger partial charge in [0, 0.05) is 18.5 Å². The number of fused-ring (bicyclic) bond motifs is 1. The molecule has 0 bridgehead atoms. The van der Waals surface area contributed by atoms with Crippen molar-refractivity contribution in [2.45, 2.75) is 32.2 Å². The molecule has 0 amide bonds. The molecule has 1 aromatic carbocycles. The molecule has 0 fully saturated rings. The quantitative estimate of drug-likeness (QED) is 0.782. The second-order valence-electron chi connectivity index (χ2n) is 4.48. The summed E-state index contributed by atoms with van der Waals surface area (Å²) in [7, 11) is 0. The lowest BCUT2D eigenvalue weighted by molar-refractivity contribution is -0.119. The number of Topliss-reactive ketones (excluding diaryl/α,β-unsaturated/α-hetero) is 1. The predicted octanol–water partition coefficient (Wildman–Crippen LogP) is 2.95. The van der Waals surface area contributed by atoms with Gasteiger partial charge in [-0.3, -0.25) is 4.79 Å². The minimum absolute atomic E-state index is 0.0308. The first-order valence-corrected chi connectivity index (χ1v) is 5.68. The van der Waals surface area contributed by atoms with Gasteiger partial charge >= 0.3 is 0 Å². The number of benzene rings is 1. The fourth-order valence-electron chi connectivity index (χ4n) is 2.00. The van der Waals surface area contributed by atoms with Crippen molar-refractivity contribution in [3.8, 4) is 0 Å². The van der Waals surface area contributed by atoms with Crippen LogP contribution in [0.4, 0.5) is 5.69 Å². The van der Waals surface area contributed by atoms with Crippen molar-refractivity contribution >= 4 is 11.5 Å². The molecule has 0 aliphatic carbocycles. The molecule has 2 rings (SSSR count). The third kappa shape index (κ3) is 2.32. The van der Waals surface area contributed by atoms with Crippen molar-refractivity contribution in [3.63, 3.8) is 0 Å². The van der Waals surface area contributed by atoms with Crippen LogP contribution in [-0.2, 0) is 11.2 Å². The first kappa shape index (κ1) is 10.9. The minimum atomic E-state index is -0.0308. The van der Waals surface area contributed by atoms with Crippen LogP contribution in [0.25, 0.3) is 0 Å². The Morgan fingerprint density at radius 2 is 2.19 bits per heavy atom. The molecule has 0 aromatic heterocycles. The average molecular weight is 215 g/mol. The summed E-state index contributed by atoms with van der Waals surface area (Å²) in [6, 6.07) is 8.08. The van der Waals surface area contributed by atoms with Gasteiger partial charge in [-0.2, -0.15) is 0 Å². The Morgan fingerprint density at radius 3 is 2.88 bits per heavy atom. The standard InChI is InChI=1S/C14H17NO/c1-10(2)7-8-14(16)13-9-11-5-3-4-6-12(11)15-13/h3-6,13,15H,1,7-9H2,2H3. The van der Waals surface area contributed by atoms with Crippen molar-refractivity contribution in [2.24, 2.45) is 0 Å². The summed E-state index contributed by atoms with van der Waals surface area (Å²) in [6.45, 7) is 5.78. The van der Waals surface area contributed by atoms with Gasteiger partial charge in [0.05, 0.1) is 6.04 Å². The fourth-order valence-corrected chi connectivity index (χ4v) is 2.00. The number of rotatable bonds is 4. The lowest BCUT2D eigenvalue weighted by Gasteiger charge is -2.09.